The third-order valence-corrected chi connectivity index (χ3v) is 4.24. The quantitative estimate of drug-likeness (QED) is 0.886. The summed E-state index contributed by atoms with van der Waals surface area (Å²) in [4.78, 5) is 11.4. The lowest BCUT2D eigenvalue weighted by atomic mass is 10.0. The van der Waals surface area contributed by atoms with Crippen molar-refractivity contribution < 1.29 is 9.53 Å². The number of hydrogen-bond acceptors (Lipinski definition) is 3. The van der Waals surface area contributed by atoms with Gasteiger partial charge in [-0.1, -0.05) is 26.0 Å². The normalized spacial score (nSPS) is 13.0. The molecule has 1 aliphatic rings. The van der Waals surface area contributed by atoms with Gasteiger partial charge in [-0.15, -0.1) is 0 Å². The predicted octanol–water partition coefficient (Wildman–Crippen LogP) is 3.42. The molecule has 3 N–H and O–H groups in total. The molecule has 0 saturated heterocycles. The lowest BCUT2D eigenvalue weighted by Crippen LogP contribution is -2.19. The third kappa shape index (κ3) is 3.77. The summed E-state index contributed by atoms with van der Waals surface area (Å²) in [7, 11) is 0. The highest BCUT2D eigenvalue weighted by molar-refractivity contribution is 5.93. The number of benzene rings is 2. The number of aryl methyl sites for hydroxylation is 2. The first kappa shape index (κ1) is 16.5. The van der Waals surface area contributed by atoms with Crippen LogP contribution in [0.3, 0.4) is 0 Å². The van der Waals surface area contributed by atoms with Crippen LogP contribution in [-0.4, -0.2) is 12.5 Å². The highest BCUT2D eigenvalue weighted by Crippen LogP contribution is 2.34. The fourth-order valence-electron chi connectivity index (χ4n) is 2.96. The molecule has 2 aromatic rings. The molecule has 0 saturated carbocycles. The Morgan fingerprint density at radius 3 is 2.46 bits per heavy atom. The Bertz CT molecular complexity index is 753. The van der Waals surface area contributed by atoms with E-state index in [1.165, 1.54) is 11.1 Å². The highest BCUT2D eigenvalue weighted by Gasteiger charge is 2.16. The first-order valence-electron chi connectivity index (χ1n) is 8.46. The Kier molecular flexibility index (Phi) is 4.86. The number of nitrogens with one attached hydrogen (secondary N) is 1. The molecule has 0 bridgehead atoms. The van der Waals surface area contributed by atoms with E-state index >= 15 is 0 Å². The number of rotatable bonds is 5. The number of ether oxygens (including phenoxy) is 1. The van der Waals surface area contributed by atoms with Crippen molar-refractivity contribution in [3.63, 3.8) is 0 Å². The highest BCUT2D eigenvalue weighted by atomic mass is 16.5. The van der Waals surface area contributed by atoms with Crippen molar-refractivity contribution in [2.75, 3.05) is 6.54 Å². The predicted molar refractivity (Wildman–Crippen MR) is 95.4 cm³/mol. The zero-order chi connectivity index (χ0) is 17.1. The molecule has 0 atom stereocenters. The van der Waals surface area contributed by atoms with Gasteiger partial charge >= 0.3 is 0 Å². The van der Waals surface area contributed by atoms with Crippen molar-refractivity contribution in [2.45, 2.75) is 33.2 Å². The summed E-state index contributed by atoms with van der Waals surface area (Å²) < 4.78 is 6.06. The topological polar surface area (TPSA) is 64.3 Å². The van der Waals surface area contributed by atoms with E-state index in [1.54, 1.807) is 6.07 Å². The third-order valence-electron chi connectivity index (χ3n) is 4.24. The molecule has 1 aliphatic heterocycles. The van der Waals surface area contributed by atoms with Gasteiger partial charge in [-0.2, -0.15) is 0 Å². The van der Waals surface area contributed by atoms with Crippen LogP contribution in [0.1, 0.15) is 40.9 Å². The standard InChI is InChI=1S/C20H24N2O2/c1-13(2)11-22-12-14-3-7-18-15(9-14)4-5-16-10-17(20(21)23)6-8-19(16)24-18/h3,6-10,13,22H,4-5,11-12H2,1-2H3,(H2,21,23). The van der Waals surface area contributed by atoms with Gasteiger partial charge in [0.1, 0.15) is 11.5 Å². The van der Waals surface area contributed by atoms with Crippen LogP contribution >= 0.6 is 0 Å². The molecule has 0 aromatic heterocycles. The number of amides is 1. The summed E-state index contributed by atoms with van der Waals surface area (Å²) in [6.45, 7) is 6.28. The van der Waals surface area contributed by atoms with Gasteiger partial charge in [0.25, 0.3) is 0 Å². The van der Waals surface area contributed by atoms with Crippen LogP contribution in [0.25, 0.3) is 0 Å². The van der Waals surface area contributed by atoms with Gasteiger partial charge < -0.3 is 15.8 Å². The van der Waals surface area contributed by atoms with Gasteiger partial charge in [0.2, 0.25) is 5.91 Å². The molecule has 0 radical (unpaired) electrons. The smallest absolute Gasteiger partial charge is 0.248 e. The van der Waals surface area contributed by atoms with Gasteiger partial charge in [-0.05, 0) is 66.3 Å². The fraction of sp³-hybridized carbons (Fsp3) is 0.350. The van der Waals surface area contributed by atoms with Crippen LogP contribution in [0.4, 0.5) is 0 Å². The summed E-state index contributed by atoms with van der Waals surface area (Å²) in [5.41, 5.74) is 9.40. The largest absolute Gasteiger partial charge is 0.457 e. The van der Waals surface area contributed by atoms with Crippen LogP contribution in [0.15, 0.2) is 36.4 Å². The summed E-state index contributed by atoms with van der Waals surface area (Å²) in [5, 5.41) is 3.47. The summed E-state index contributed by atoms with van der Waals surface area (Å²) >= 11 is 0. The van der Waals surface area contributed by atoms with Crippen molar-refractivity contribution in [3.8, 4) is 11.5 Å². The molecule has 0 aliphatic carbocycles. The fourth-order valence-corrected chi connectivity index (χ4v) is 2.96. The number of primary amides is 1. The molecule has 1 amide bonds. The van der Waals surface area contributed by atoms with E-state index in [0.717, 1.165) is 43.0 Å². The van der Waals surface area contributed by atoms with Gasteiger partial charge in [-0.25, -0.2) is 0 Å². The average Bonchev–Trinajstić information content (AvgIpc) is 2.72. The van der Waals surface area contributed by atoms with Crippen LogP contribution in [-0.2, 0) is 19.4 Å². The van der Waals surface area contributed by atoms with Gasteiger partial charge in [-0.3, -0.25) is 4.79 Å². The minimum absolute atomic E-state index is 0.405. The monoisotopic (exact) mass is 324 g/mol. The summed E-state index contributed by atoms with van der Waals surface area (Å²) in [5.74, 6) is 1.94. The molecule has 0 unspecified atom stereocenters. The molecule has 4 nitrogen and oxygen atoms in total. The van der Waals surface area contributed by atoms with E-state index in [-0.39, 0.29) is 0 Å². The van der Waals surface area contributed by atoms with Crippen molar-refractivity contribution in [1.29, 1.82) is 0 Å². The van der Waals surface area contributed by atoms with E-state index < -0.39 is 5.91 Å². The molecular weight excluding hydrogens is 300 g/mol. The molecule has 0 spiro atoms. The number of fused-ring (bicyclic) bond motifs is 2. The molecular formula is C20H24N2O2. The average molecular weight is 324 g/mol. The Morgan fingerprint density at radius 2 is 1.79 bits per heavy atom. The number of carbonyl (C=O) groups excluding carboxylic acids is 1. The van der Waals surface area contributed by atoms with E-state index in [2.05, 4.69) is 31.3 Å². The maximum absolute atomic E-state index is 11.4. The molecule has 3 rings (SSSR count). The Labute approximate surface area is 143 Å². The first-order valence-corrected chi connectivity index (χ1v) is 8.46. The van der Waals surface area contributed by atoms with Crippen LogP contribution < -0.4 is 15.8 Å². The van der Waals surface area contributed by atoms with E-state index in [1.807, 2.05) is 18.2 Å². The zero-order valence-electron chi connectivity index (χ0n) is 14.3. The molecule has 4 heteroatoms. The Balaban J connectivity index is 1.78. The minimum Gasteiger partial charge on any atom is -0.457 e. The van der Waals surface area contributed by atoms with Crippen LogP contribution in [0, 0.1) is 5.92 Å². The van der Waals surface area contributed by atoms with Crippen molar-refractivity contribution >= 4 is 5.91 Å². The van der Waals surface area contributed by atoms with Crippen molar-refractivity contribution in [2.24, 2.45) is 11.7 Å². The summed E-state index contributed by atoms with van der Waals surface area (Å²) in [6, 6.07) is 11.8. The van der Waals surface area contributed by atoms with Crippen LogP contribution in [0.5, 0.6) is 11.5 Å². The van der Waals surface area contributed by atoms with Gasteiger partial charge in [0.15, 0.2) is 0 Å². The van der Waals surface area contributed by atoms with Crippen molar-refractivity contribution in [3.05, 3.63) is 58.7 Å². The number of carbonyl (C=O) groups is 1. The maximum atomic E-state index is 11.4. The molecule has 1 heterocycles. The number of hydrogen-bond donors (Lipinski definition) is 2. The van der Waals surface area contributed by atoms with Crippen LogP contribution in [0.2, 0.25) is 0 Å². The molecule has 24 heavy (non-hydrogen) atoms. The van der Waals surface area contributed by atoms with Gasteiger partial charge in [0, 0.05) is 12.1 Å². The summed E-state index contributed by atoms with van der Waals surface area (Å²) in [6.07, 6.45) is 1.73. The van der Waals surface area contributed by atoms with Crippen molar-refractivity contribution in [1.82, 2.24) is 5.32 Å². The van der Waals surface area contributed by atoms with E-state index in [0.29, 0.717) is 11.5 Å². The lowest BCUT2D eigenvalue weighted by molar-refractivity contribution is 0.1000. The Hall–Kier alpha value is -2.33. The van der Waals surface area contributed by atoms with E-state index in [4.69, 9.17) is 10.5 Å². The first-order chi connectivity index (χ1) is 11.5. The van der Waals surface area contributed by atoms with E-state index in [9.17, 15) is 4.79 Å². The second-order valence-corrected chi connectivity index (χ2v) is 6.76. The molecule has 126 valence electrons. The number of nitrogens with two attached hydrogens (primary N) is 1. The second-order valence-electron chi connectivity index (χ2n) is 6.76. The maximum Gasteiger partial charge on any atom is 0.248 e. The minimum atomic E-state index is -0.405. The zero-order valence-corrected chi connectivity index (χ0v) is 14.3. The van der Waals surface area contributed by atoms with Gasteiger partial charge in [0.05, 0.1) is 0 Å². The molecule has 0 fully saturated rings. The second kappa shape index (κ2) is 7.05. The lowest BCUT2D eigenvalue weighted by Gasteiger charge is -2.12. The molecule has 2 aromatic carbocycles. The SMILES string of the molecule is CC(C)CNCc1ccc2c(c1)CCc1cc(C(N)=O)ccc1O2. The Morgan fingerprint density at radius 1 is 1.12 bits per heavy atom.